The number of hydrogen-bond donors (Lipinski definition) is 2. The lowest BCUT2D eigenvalue weighted by Crippen LogP contribution is -2.49. The van der Waals surface area contributed by atoms with Gasteiger partial charge in [-0.25, -0.2) is 4.79 Å². The number of likely N-dealkylation sites (tertiary alicyclic amines) is 1. The summed E-state index contributed by atoms with van der Waals surface area (Å²) in [5, 5.41) is 4.87. The van der Waals surface area contributed by atoms with E-state index in [1.807, 2.05) is 19.1 Å². The van der Waals surface area contributed by atoms with Crippen molar-refractivity contribution in [2.45, 2.75) is 18.9 Å². The van der Waals surface area contributed by atoms with Gasteiger partial charge >= 0.3 is 6.03 Å². The molecule has 1 aromatic carbocycles. The van der Waals surface area contributed by atoms with Gasteiger partial charge in [-0.05, 0) is 47.0 Å². The third kappa shape index (κ3) is 2.31. The molecule has 1 spiro atoms. The summed E-state index contributed by atoms with van der Waals surface area (Å²) in [7, 11) is 0. The van der Waals surface area contributed by atoms with E-state index in [1.165, 1.54) is 0 Å². The lowest BCUT2D eigenvalue weighted by Gasteiger charge is -2.21. The number of aryl methyl sites for hydroxylation is 1. The molecule has 0 radical (unpaired) electrons. The standard InChI is InChI=1S/C14H14BrN3O3/c1-8-2-3-9(10(15)6-8)11(19)18-5-4-14(7-18)12(20)16-13(21)17-14/h2-3,6H,4-5,7H2,1H3,(H2,16,17,20,21). The molecule has 7 heteroatoms. The van der Waals surface area contributed by atoms with Gasteiger partial charge in [-0.1, -0.05) is 6.07 Å². The van der Waals surface area contributed by atoms with Crippen molar-refractivity contribution in [1.82, 2.24) is 15.5 Å². The van der Waals surface area contributed by atoms with Crippen LogP contribution in [0.1, 0.15) is 22.3 Å². The summed E-state index contributed by atoms with van der Waals surface area (Å²) >= 11 is 3.39. The van der Waals surface area contributed by atoms with Gasteiger partial charge in [-0.15, -0.1) is 0 Å². The van der Waals surface area contributed by atoms with Crippen molar-refractivity contribution in [3.05, 3.63) is 33.8 Å². The van der Waals surface area contributed by atoms with Gasteiger partial charge in [-0.3, -0.25) is 14.9 Å². The number of rotatable bonds is 1. The Bertz CT molecular complexity index is 661. The molecule has 2 aliphatic rings. The minimum Gasteiger partial charge on any atom is -0.336 e. The minimum absolute atomic E-state index is 0.146. The van der Waals surface area contributed by atoms with Crippen molar-refractivity contribution < 1.29 is 14.4 Å². The fourth-order valence-electron chi connectivity index (χ4n) is 2.76. The summed E-state index contributed by atoms with van der Waals surface area (Å²) in [4.78, 5) is 37.3. The Kier molecular flexibility index (Phi) is 3.24. The van der Waals surface area contributed by atoms with Crippen LogP contribution in [-0.4, -0.2) is 41.4 Å². The zero-order valence-electron chi connectivity index (χ0n) is 11.4. The summed E-state index contributed by atoms with van der Waals surface area (Å²) in [5.41, 5.74) is 0.644. The van der Waals surface area contributed by atoms with E-state index >= 15 is 0 Å². The monoisotopic (exact) mass is 351 g/mol. The van der Waals surface area contributed by atoms with Crippen LogP contribution in [0.3, 0.4) is 0 Å². The van der Waals surface area contributed by atoms with Gasteiger partial charge in [0.1, 0.15) is 5.54 Å². The number of nitrogens with one attached hydrogen (secondary N) is 2. The third-order valence-corrected chi connectivity index (χ3v) is 4.58. The average Bonchev–Trinajstić information content (AvgIpc) is 2.94. The van der Waals surface area contributed by atoms with Crippen LogP contribution in [0.2, 0.25) is 0 Å². The van der Waals surface area contributed by atoms with Crippen LogP contribution >= 0.6 is 15.9 Å². The second kappa shape index (κ2) is 4.84. The highest BCUT2D eigenvalue weighted by Gasteiger charge is 2.51. The second-order valence-corrected chi connectivity index (χ2v) is 6.30. The Hall–Kier alpha value is -1.89. The number of halogens is 1. The number of hydrogen-bond acceptors (Lipinski definition) is 3. The zero-order valence-corrected chi connectivity index (χ0v) is 13.0. The average molecular weight is 352 g/mol. The molecule has 2 aliphatic heterocycles. The van der Waals surface area contributed by atoms with Crippen LogP contribution in [-0.2, 0) is 4.79 Å². The topological polar surface area (TPSA) is 78.5 Å². The van der Waals surface area contributed by atoms with Crippen molar-refractivity contribution in [1.29, 1.82) is 0 Å². The van der Waals surface area contributed by atoms with Gasteiger partial charge in [0.25, 0.3) is 11.8 Å². The Morgan fingerprint density at radius 2 is 2.14 bits per heavy atom. The summed E-state index contributed by atoms with van der Waals surface area (Å²) in [6.45, 7) is 2.58. The highest BCUT2D eigenvalue weighted by Crippen LogP contribution is 2.28. The first-order valence-electron chi connectivity index (χ1n) is 6.60. The smallest absolute Gasteiger partial charge is 0.322 e. The van der Waals surface area contributed by atoms with Crippen molar-refractivity contribution in [3.8, 4) is 0 Å². The Labute approximate surface area is 130 Å². The van der Waals surface area contributed by atoms with Crippen molar-refractivity contribution >= 4 is 33.8 Å². The van der Waals surface area contributed by atoms with Crippen LogP contribution in [0.15, 0.2) is 22.7 Å². The van der Waals surface area contributed by atoms with E-state index in [2.05, 4.69) is 26.6 Å². The summed E-state index contributed by atoms with van der Waals surface area (Å²) in [6, 6.07) is 5.02. The molecule has 3 rings (SSSR count). The van der Waals surface area contributed by atoms with Crippen LogP contribution in [0.5, 0.6) is 0 Å². The number of urea groups is 1. The highest BCUT2D eigenvalue weighted by molar-refractivity contribution is 9.10. The number of imide groups is 1. The highest BCUT2D eigenvalue weighted by atomic mass is 79.9. The van der Waals surface area contributed by atoms with Gasteiger partial charge in [0.2, 0.25) is 0 Å². The molecule has 2 fully saturated rings. The van der Waals surface area contributed by atoms with Gasteiger partial charge in [-0.2, -0.15) is 0 Å². The van der Waals surface area contributed by atoms with Crippen molar-refractivity contribution in [2.75, 3.05) is 13.1 Å². The first-order valence-corrected chi connectivity index (χ1v) is 7.40. The van der Waals surface area contributed by atoms with Crippen LogP contribution < -0.4 is 10.6 Å². The largest absolute Gasteiger partial charge is 0.336 e. The summed E-state index contributed by atoms with van der Waals surface area (Å²) in [5.74, 6) is -0.501. The Morgan fingerprint density at radius 1 is 1.38 bits per heavy atom. The molecule has 2 heterocycles. The normalized spacial score (nSPS) is 24.4. The molecule has 2 saturated heterocycles. The lowest BCUT2D eigenvalue weighted by atomic mass is 9.99. The van der Waals surface area contributed by atoms with Crippen molar-refractivity contribution in [2.24, 2.45) is 0 Å². The molecule has 110 valence electrons. The molecular formula is C14H14BrN3O3. The molecule has 21 heavy (non-hydrogen) atoms. The van der Waals surface area contributed by atoms with E-state index in [4.69, 9.17) is 0 Å². The first-order chi connectivity index (χ1) is 9.91. The number of amides is 4. The van der Waals surface area contributed by atoms with Gasteiger partial charge in [0, 0.05) is 11.0 Å². The van der Waals surface area contributed by atoms with Crippen LogP contribution in [0, 0.1) is 6.92 Å². The lowest BCUT2D eigenvalue weighted by molar-refractivity contribution is -0.123. The van der Waals surface area contributed by atoms with E-state index < -0.39 is 11.6 Å². The zero-order chi connectivity index (χ0) is 15.2. The maximum Gasteiger partial charge on any atom is 0.322 e. The molecule has 0 aliphatic carbocycles. The maximum absolute atomic E-state index is 12.6. The van der Waals surface area contributed by atoms with E-state index in [-0.39, 0.29) is 18.4 Å². The second-order valence-electron chi connectivity index (χ2n) is 5.45. The molecule has 0 saturated carbocycles. The van der Waals surface area contributed by atoms with Crippen LogP contribution in [0.25, 0.3) is 0 Å². The molecule has 6 nitrogen and oxygen atoms in total. The number of benzene rings is 1. The fraction of sp³-hybridized carbons (Fsp3) is 0.357. The minimum atomic E-state index is -0.968. The molecule has 1 unspecified atom stereocenters. The molecule has 1 atom stereocenters. The van der Waals surface area contributed by atoms with Crippen LogP contribution in [0.4, 0.5) is 4.79 Å². The maximum atomic E-state index is 12.6. The van der Waals surface area contributed by atoms with Gasteiger partial charge in [0.15, 0.2) is 0 Å². The predicted molar refractivity (Wildman–Crippen MR) is 78.8 cm³/mol. The van der Waals surface area contributed by atoms with E-state index in [0.29, 0.717) is 18.5 Å². The van der Waals surface area contributed by atoms with Gasteiger partial charge in [0.05, 0.1) is 12.1 Å². The predicted octanol–water partition coefficient (Wildman–Crippen LogP) is 1.18. The Balaban J connectivity index is 1.82. The summed E-state index contributed by atoms with van der Waals surface area (Å²) < 4.78 is 0.730. The number of nitrogens with zero attached hydrogens (tertiary/aromatic N) is 1. The van der Waals surface area contributed by atoms with E-state index in [9.17, 15) is 14.4 Å². The molecule has 0 bridgehead atoms. The molecular weight excluding hydrogens is 338 g/mol. The SMILES string of the molecule is Cc1ccc(C(=O)N2CCC3(C2)NC(=O)NC3=O)c(Br)c1. The number of carbonyl (C=O) groups excluding carboxylic acids is 3. The fourth-order valence-corrected chi connectivity index (χ4v) is 3.43. The summed E-state index contributed by atoms with van der Waals surface area (Å²) in [6.07, 6.45) is 0.430. The molecule has 4 amide bonds. The van der Waals surface area contributed by atoms with E-state index in [0.717, 1.165) is 10.0 Å². The van der Waals surface area contributed by atoms with E-state index in [1.54, 1.807) is 11.0 Å². The first kappa shape index (κ1) is 14.1. The quantitative estimate of drug-likeness (QED) is 0.745. The molecule has 2 N–H and O–H groups in total. The van der Waals surface area contributed by atoms with Crippen molar-refractivity contribution in [3.63, 3.8) is 0 Å². The Morgan fingerprint density at radius 3 is 2.76 bits per heavy atom. The molecule has 0 aromatic heterocycles. The van der Waals surface area contributed by atoms with Gasteiger partial charge < -0.3 is 10.2 Å². The third-order valence-electron chi connectivity index (χ3n) is 3.93. The molecule has 1 aromatic rings. The number of carbonyl (C=O) groups is 3.